The maximum atomic E-state index is 12.4. The maximum absolute atomic E-state index is 12.4. The first-order valence-electron chi connectivity index (χ1n) is 7.74. The smallest absolute Gasteiger partial charge is 0.272 e. The van der Waals surface area contributed by atoms with Gasteiger partial charge < -0.3 is 10.2 Å². The molecule has 2 aromatic rings. The lowest BCUT2D eigenvalue weighted by molar-refractivity contribution is 0.0927. The minimum absolute atomic E-state index is 0.0751. The van der Waals surface area contributed by atoms with E-state index in [1.54, 1.807) is 10.7 Å². The molecule has 0 aliphatic carbocycles. The molecular formula is C17H23ClN4O. The van der Waals surface area contributed by atoms with Crippen molar-refractivity contribution in [1.29, 1.82) is 0 Å². The van der Waals surface area contributed by atoms with Gasteiger partial charge in [0.05, 0.1) is 6.04 Å². The monoisotopic (exact) mass is 334 g/mol. The van der Waals surface area contributed by atoms with Crippen LogP contribution in [-0.4, -0.2) is 41.2 Å². The van der Waals surface area contributed by atoms with Crippen LogP contribution in [0.5, 0.6) is 0 Å². The molecule has 0 saturated heterocycles. The van der Waals surface area contributed by atoms with Gasteiger partial charge in [0.2, 0.25) is 0 Å². The van der Waals surface area contributed by atoms with Crippen LogP contribution in [-0.2, 0) is 6.54 Å². The Balaban J connectivity index is 2.12. The molecule has 0 aliphatic heterocycles. The van der Waals surface area contributed by atoms with Crippen molar-refractivity contribution in [3.63, 3.8) is 0 Å². The zero-order valence-corrected chi connectivity index (χ0v) is 14.5. The Morgan fingerprint density at radius 2 is 2.00 bits per heavy atom. The SMILES string of the molecule is CCn1ccc(C(=O)NC(CCN(C)C)c2ccc(Cl)cc2)n1. The Hall–Kier alpha value is -1.85. The van der Waals surface area contributed by atoms with E-state index in [1.165, 1.54) is 0 Å². The summed E-state index contributed by atoms with van der Waals surface area (Å²) >= 11 is 5.96. The van der Waals surface area contributed by atoms with Gasteiger partial charge >= 0.3 is 0 Å². The molecule has 6 heteroatoms. The topological polar surface area (TPSA) is 50.2 Å². The van der Waals surface area contributed by atoms with E-state index in [1.807, 2.05) is 51.5 Å². The number of nitrogens with zero attached hydrogens (tertiary/aromatic N) is 3. The van der Waals surface area contributed by atoms with Crippen LogP contribution in [0.25, 0.3) is 0 Å². The average molecular weight is 335 g/mol. The van der Waals surface area contributed by atoms with Gasteiger partial charge in [-0.15, -0.1) is 0 Å². The van der Waals surface area contributed by atoms with E-state index in [4.69, 9.17) is 11.6 Å². The molecule has 1 heterocycles. The first-order valence-corrected chi connectivity index (χ1v) is 8.12. The number of carbonyl (C=O) groups is 1. The lowest BCUT2D eigenvalue weighted by atomic mass is 10.0. The predicted molar refractivity (Wildman–Crippen MR) is 92.7 cm³/mol. The summed E-state index contributed by atoms with van der Waals surface area (Å²) in [7, 11) is 4.04. The van der Waals surface area contributed by atoms with Crippen molar-refractivity contribution in [3.05, 3.63) is 52.8 Å². The minimum Gasteiger partial charge on any atom is -0.344 e. The highest BCUT2D eigenvalue weighted by Crippen LogP contribution is 2.20. The summed E-state index contributed by atoms with van der Waals surface area (Å²) in [5.41, 5.74) is 1.48. The van der Waals surface area contributed by atoms with Gasteiger partial charge in [-0.1, -0.05) is 23.7 Å². The van der Waals surface area contributed by atoms with Gasteiger partial charge in [-0.05, 0) is 57.7 Å². The predicted octanol–water partition coefficient (Wildman–Crippen LogP) is 2.98. The lowest BCUT2D eigenvalue weighted by Crippen LogP contribution is -2.31. The third kappa shape index (κ3) is 5.08. The summed E-state index contributed by atoms with van der Waals surface area (Å²) < 4.78 is 1.74. The molecule has 1 aromatic heterocycles. The Labute approximate surface area is 142 Å². The minimum atomic E-state index is -0.157. The van der Waals surface area contributed by atoms with Gasteiger partial charge in [0, 0.05) is 17.8 Å². The van der Waals surface area contributed by atoms with Crippen molar-refractivity contribution >= 4 is 17.5 Å². The first kappa shape index (κ1) is 17.5. The average Bonchev–Trinajstić information content (AvgIpc) is 3.01. The summed E-state index contributed by atoms with van der Waals surface area (Å²) in [6.45, 7) is 3.60. The second-order valence-corrected chi connectivity index (χ2v) is 6.16. The van der Waals surface area contributed by atoms with Gasteiger partial charge in [0.25, 0.3) is 5.91 Å². The molecule has 0 fully saturated rings. The number of aryl methyl sites for hydroxylation is 1. The number of halogens is 1. The van der Waals surface area contributed by atoms with E-state index >= 15 is 0 Å². The number of aromatic nitrogens is 2. The molecule has 0 spiro atoms. The van der Waals surface area contributed by atoms with Gasteiger partial charge in [0.15, 0.2) is 0 Å². The van der Waals surface area contributed by atoms with Crippen LogP contribution in [0.4, 0.5) is 0 Å². The Morgan fingerprint density at radius 1 is 1.30 bits per heavy atom. The molecule has 1 aromatic carbocycles. The zero-order chi connectivity index (χ0) is 16.8. The third-order valence-electron chi connectivity index (χ3n) is 3.64. The number of benzene rings is 1. The van der Waals surface area contributed by atoms with Crippen molar-refractivity contribution in [3.8, 4) is 0 Å². The number of nitrogens with one attached hydrogen (secondary N) is 1. The van der Waals surface area contributed by atoms with Crippen LogP contribution in [0.1, 0.15) is 35.4 Å². The second-order valence-electron chi connectivity index (χ2n) is 5.73. The maximum Gasteiger partial charge on any atom is 0.272 e. The molecule has 5 nitrogen and oxygen atoms in total. The first-order chi connectivity index (χ1) is 11.0. The van der Waals surface area contributed by atoms with Crippen molar-refractivity contribution < 1.29 is 4.79 Å². The largest absolute Gasteiger partial charge is 0.344 e. The Kier molecular flexibility index (Phi) is 6.19. The zero-order valence-electron chi connectivity index (χ0n) is 13.8. The lowest BCUT2D eigenvalue weighted by Gasteiger charge is -2.21. The molecule has 2 rings (SSSR count). The van der Waals surface area contributed by atoms with E-state index in [9.17, 15) is 4.79 Å². The van der Waals surface area contributed by atoms with Crippen LogP contribution >= 0.6 is 11.6 Å². The Morgan fingerprint density at radius 3 is 2.57 bits per heavy atom. The summed E-state index contributed by atoms with van der Waals surface area (Å²) in [6.07, 6.45) is 2.63. The fourth-order valence-electron chi connectivity index (χ4n) is 2.30. The van der Waals surface area contributed by atoms with E-state index < -0.39 is 0 Å². The van der Waals surface area contributed by atoms with Crippen LogP contribution in [0.3, 0.4) is 0 Å². The Bertz CT molecular complexity index is 636. The highest BCUT2D eigenvalue weighted by atomic mass is 35.5. The summed E-state index contributed by atoms with van der Waals surface area (Å²) in [6, 6.07) is 9.26. The summed E-state index contributed by atoms with van der Waals surface area (Å²) in [5, 5.41) is 8.02. The van der Waals surface area contributed by atoms with Crippen LogP contribution in [0.15, 0.2) is 36.5 Å². The highest BCUT2D eigenvalue weighted by Gasteiger charge is 2.17. The van der Waals surface area contributed by atoms with Gasteiger partial charge in [0.1, 0.15) is 5.69 Å². The molecule has 124 valence electrons. The van der Waals surface area contributed by atoms with Crippen molar-refractivity contribution in [2.75, 3.05) is 20.6 Å². The van der Waals surface area contributed by atoms with Gasteiger partial charge in [-0.2, -0.15) is 5.10 Å². The van der Waals surface area contributed by atoms with Crippen LogP contribution in [0, 0.1) is 0 Å². The highest BCUT2D eigenvalue weighted by molar-refractivity contribution is 6.30. The molecule has 1 amide bonds. The van der Waals surface area contributed by atoms with Gasteiger partial charge in [-0.25, -0.2) is 0 Å². The number of rotatable bonds is 7. The van der Waals surface area contributed by atoms with Crippen LogP contribution < -0.4 is 5.32 Å². The molecule has 1 atom stereocenters. The summed E-state index contributed by atoms with van der Waals surface area (Å²) in [4.78, 5) is 14.5. The van der Waals surface area contributed by atoms with Crippen molar-refractivity contribution in [2.45, 2.75) is 25.9 Å². The second kappa shape index (κ2) is 8.13. The van der Waals surface area contributed by atoms with E-state index in [0.29, 0.717) is 10.7 Å². The standard InChI is InChI=1S/C17H23ClN4O/c1-4-22-12-10-16(20-22)17(23)19-15(9-11-21(2)3)13-5-7-14(18)8-6-13/h5-8,10,12,15H,4,9,11H2,1-3H3,(H,19,23). The number of hydrogen-bond acceptors (Lipinski definition) is 3. The van der Waals surface area contributed by atoms with E-state index in [0.717, 1.165) is 25.1 Å². The molecule has 23 heavy (non-hydrogen) atoms. The van der Waals surface area contributed by atoms with Crippen LogP contribution in [0.2, 0.25) is 5.02 Å². The number of hydrogen-bond donors (Lipinski definition) is 1. The van der Waals surface area contributed by atoms with E-state index in [2.05, 4.69) is 15.3 Å². The summed E-state index contributed by atoms with van der Waals surface area (Å²) in [5.74, 6) is -0.157. The molecule has 0 saturated carbocycles. The molecule has 0 aliphatic rings. The fourth-order valence-corrected chi connectivity index (χ4v) is 2.42. The third-order valence-corrected chi connectivity index (χ3v) is 3.89. The molecule has 0 bridgehead atoms. The molecule has 1 N–H and O–H groups in total. The quantitative estimate of drug-likeness (QED) is 0.847. The number of amides is 1. The molecular weight excluding hydrogens is 312 g/mol. The van der Waals surface area contributed by atoms with E-state index in [-0.39, 0.29) is 11.9 Å². The fraction of sp³-hybridized carbons (Fsp3) is 0.412. The van der Waals surface area contributed by atoms with Crippen molar-refractivity contribution in [1.82, 2.24) is 20.0 Å². The normalized spacial score (nSPS) is 12.4. The molecule has 1 unspecified atom stereocenters. The van der Waals surface area contributed by atoms with Crippen molar-refractivity contribution in [2.24, 2.45) is 0 Å². The molecule has 0 radical (unpaired) electrons. The number of carbonyl (C=O) groups excluding carboxylic acids is 1. The van der Waals surface area contributed by atoms with Gasteiger partial charge in [-0.3, -0.25) is 9.48 Å².